The van der Waals surface area contributed by atoms with Gasteiger partial charge in [-0.25, -0.2) is 0 Å². The van der Waals surface area contributed by atoms with Gasteiger partial charge in [0, 0.05) is 25.1 Å². The molecule has 0 saturated heterocycles. The van der Waals surface area contributed by atoms with Gasteiger partial charge in [0.15, 0.2) is 5.96 Å². The van der Waals surface area contributed by atoms with E-state index in [0.717, 1.165) is 18.4 Å². The SMILES string of the molecule is NC(=NCC(CO)Cc1ccc(OC(F)(F)F)cc1)NC1CCCCC1. The van der Waals surface area contributed by atoms with Gasteiger partial charge in [0.25, 0.3) is 0 Å². The molecular formula is C18H26F3N3O2. The summed E-state index contributed by atoms with van der Waals surface area (Å²) in [6, 6.07) is 5.99. The fourth-order valence-electron chi connectivity index (χ4n) is 3.08. The smallest absolute Gasteiger partial charge is 0.406 e. The Morgan fingerprint density at radius 3 is 2.46 bits per heavy atom. The Balaban J connectivity index is 1.83. The highest BCUT2D eigenvalue weighted by Crippen LogP contribution is 2.23. The predicted octanol–water partition coefficient (Wildman–Crippen LogP) is 2.97. The van der Waals surface area contributed by atoms with E-state index in [1.54, 1.807) is 12.1 Å². The Morgan fingerprint density at radius 1 is 1.23 bits per heavy atom. The lowest BCUT2D eigenvalue weighted by Gasteiger charge is -2.23. The first-order chi connectivity index (χ1) is 12.4. The summed E-state index contributed by atoms with van der Waals surface area (Å²) in [5.41, 5.74) is 6.71. The summed E-state index contributed by atoms with van der Waals surface area (Å²) >= 11 is 0. The zero-order valence-corrected chi connectivity index (χ0v) is 14.6. The van der Waals surface area contributed by atoms with E-state index in [9.17, 15) is 18.3 Å². The van der Waals surface area contributed by atoms with Gasteiger partial charge in [0.2, 0.25) is 0 Å². The number of rotatable bonds is 7. The van der Waals surface area contributed by atoms with Crippen molar-refractivity contribution < 1.29 is 23.0 Å². The fraction of sp³-hybridized carbons (Fsp3) is 0.611. The molecule has 1 unspecified atom stereocenters. The summed E-state index contributed by atoms with van der Waals surface area (Å²) in [5, 5.41) is 12.7. The maximum atomic E-state index is 12.2. The number of halogens is 3. The highest BCUT2D eigenvalue weighted by Gasteiger charge is 2.30. The van der Waals surface area contributed by atoms with Crippen LogP contribution < -0.4 is 15.8 Å². The highest BCUT2D eigenvalue weighted by atomic mass is 19.4. The number of nitrogens with two attached hydrogens (primary N) is 1. The average Bonchev–Trinajstić information content (AvgIpc) is 2.59. The van der Waals surface area contributed by atoms with Crippen LogP contribution in [0.15, 0.2) is 29.3 Å². The maximum Gasteiger partial charge on any atom is 0.573 e. The minimum Gasteiger partial charge on any atom is -0.406 e. The highest BCUT2D eigenvalue weighted by molar-refractivity contribution is 5.78. The summed E-state index contributed by atoms with van der Waals surface area (Å²) in [6.45, 7) is 0.268. The lowest BCUT2D eigenvalue weighted by Crippen LogP contribution is -2.41. The molecule has 4 N–H and O–H groups in total. The second-order valence-corrected chi connectivity index (χ2v) is 6.65. The van der Waals surface area contributed by atoms with E-state index < -0.39 is 6.36 Å². The second-order valence-electron chi connectivity index (χ2n) is 6.65. The average molecular weight is 373 g/mol. The summed E-state index contributed by atoms with van der Waals surface area (Å²) in [5.74, 6) is -0.0406. The van der Waals surface area contributed by atoms with E-state index in [0.29, 0.717) is 25.0 Å². The number of ether oxygens (including phenoxy) is 1. The van der Waals surface area contributed by atoms with Crippen molar-refractivity contribution in [1.82, 2.24) is 5.32 Å². The number of nitrogens with zero attached hydrogens (tertiary/aromatic N) is 1. The molecule has 146 valence electrons. The fourth-order valence-corrected chi connectivity index (χ4v) is 3.08. The van der Waals surface area contributed by atoms with Gasteiger partial charge in [0.1, 0.15) is 5.75 Å². The number of aliphatic imine (C=N–C) groups is 1. The molecule has 1 fully saturated rings. The van der Waals surface area contributed by atoms with Crippen LogP contribution in [0.2, 0.25) is 0 Å². The van der Waals surface area contributed by atoms with Gasteiger partial charge in [-0.1, -0.05) is 31.4 Å². The van der Waals surface area contributed by atoms with E-state index in [4.69, 9.17) is 5.73 Å². The minimum absolute atomic E-state index is 0.0823. The van der Waals surface area contributed by atoms with E-state index in [-0.39, 0.29) is 18.3 Å². The molecular weight excluding hydrogens is 347 g/mol. The van der Waals surface area contributed by atoms with Crippen LogP contribution in [0.3, 0.4) is 0 Å². The maximum absolute atomic E-state index is 12.2. The molecule has 5 nitrogen and oxygen atoms in total. The van der Waals surface area contributed by atoms with Gasteiger partial charge >= 0.3 is 6.36 Å². The predicted molar refractivity (Wildman–Crippen MR) is 93.9 cm³/mol. The molecule has 0 heterocycles. The molecule has 0 radical (unpaired) electrons. The van der Waals surface area contributed by atoms with Gasteiger partial charge in [-0.2, -0.15) is 0 Å². The third-order valence-electron chi connectivity index (χ3n) is 4.42. The van der Waals surface area contributed by atoms with Gasteiger partial charge in [0.05, 0.1) is 0 Å². The summed E-state index contributed by atoms with van der Waals surface area (Å²) < 4.78 is 40.3. The van der Waals surface area contributed by atoms with Crippen LogP contribution in [0.5, 0.6) is 5.75 Å². The molecule has 1 aliphatic carbocycles. The molecule has 1 aromatic rings. The number of aliphatic hydroxyl groups excluding tert-OH is 1. The first-order valence-corrected chi connectivity index (χ1v) is 8.87. The summed E-state index contributed by atoms with van der Waals surface area (Å²) in [6.07, 6.45) is 1.61. The molecule has 0 aliphatic heterocycles. The molecule has 8 heteroatoms. The third-order valence-corrected chi connectivity index (χ3v) is 4.42. The van der Waals surface area contributed by atoms with Crippen molar-refractivity contribution in [2.75, 3.05) is 13.2 Å². The quantitative estimate of drug-likeness (QED) is 0.507. The third kappa shape index (κ3) is 7.51. The number of nitrogens with one attached hydrogen (secondary N) is 1. The number of hydrogen-bond acceptors (Lipinski definition) is 3. The zero-order chi connectivity index (χ0) is 19.0. The van der Waals surface area contributed by atoms with Crippen molar-refractivity contribution in [2.24, 2.45) is 16.6 Å². The zero-order valence-electron chi connectivity index (χ0n) is 14.6. The molecule has 0 spiro atoms. The topological polar surface area (TPSA) is 79.9 Å². The molecule has 0 aromatic heterocycles. The van der Waals surface area contributed by atoms with Crippen molar-refractivity contribution in [3.05, 3.63) is 29.8 Å². The van der Waals surface area contributed by atoms with Crippen molar-refractivity contribution >= 4 is 5.96 Å². The number of alkyl halides is 3. The Kier molecular flexibility index (Phi) is 7.56. The Bertz CT molecular complexity index is 570. The molecule has 0 amide bonds. The Labute approximate surface area is 151 Å². The van der Waals surface area contributed by atoms with Gasteiger partial charge in [-0.15, -0.1) is 13.2 Å². The van der Waals surface area contributed by atoms with Gasteiger partial charge < -0.3 is 20.9 Å². The van der Waals surface area contributed by atoms with Crippen LogP contribution >= 0.6 is 0 Å². The number of guanidine groups is 1. The van der Waals surface area contributed by atoms with E-state index in [1.807, 2.05) is 0 Å². The molecule has 1 atom stereocenters. The summed E-state index contributed by atoms with van der Waals surface area (Å²) in [4.78, 5) is 4.30. The number of aliphatic hydroxyl groups is 1. The van der Waals surface area contributed by atoms with Crippen molar-refractivity contribution in [2.45, 2.75) is 50.9 Å². The number of benzene rings is 1. The van der Waals surface area contributed by atoms with E-state index >= 15 is 0 Å². The minimum atomic E-state index is -4.70. The van der Waals surface area contributed by atoms with Crippen molar-refractivity contribution in [1.29, 1.82) is 0 Å². The standard InChI is InChI=1S/C18H26F3N3O2/c19-18(20,21)26-16-8-6-13(7-9-16)10-14(12-25)11-23-17(22)24-15-4-2-1-3-5-15/h6-9,14-15,25H,1-5,10-12H2,(H3,22,23,24). The normalized spacial score (nSPS) is 17.8. The van der Waals surface area contributed by atoms with E-state index in [2.05, 4.69) is 15.0 Å². The van der Waals surface area contributed by atoms with Gasteiger partial charge in [-0.3, -0.25) is 4.99 Å². The second kappa shape index (κ2) is 9.66. The van der Waals surface area contributed by atoms with Gasteiger partial charge in [-0.05, 0) is 37.0 Å². The van der Waals surface area contributed by atoms with Crippen LogP contribution in [0.4, 0.5) is 13.2 Å². The number of hydrogen-bond donors (Lipinski definition) is 3. The van der Waals surface area contributed by atoms with Crippen LogP contribution in [-0.4, -0.2) is 36.6 Å². The Hall–Kier alpha value is -1.96. The first kappa shape index (κ1) is 20.4. The van der Waals surface area contributed by atoms with Crippen LogP contribution in [0, 0.1) is 5.92 Å². The molecule has 26 heavy (non-hydrogen) atoms. The van der Waals surface area contributed by atoms with Crippen LogP contribution in [0.25, 0.3) is 0 Å². The lowest BCUT2D eigenvalue weighted by molar-refractivity contribution is -0.274. The Morgan fingerprint density at radius 2 is 1.88 bits per heavy atom. The molecule has 1 aromatic carbocycles. The summed E-state index contributed by atoms with van der Waals surface area (Å²) in [7, 11) is 0. The molecule has 2 rings (SSSR count). The monoisotopic (exact) mass is 373 g/mol. The van der Waals surface area contributed by atoms with Crippen LogP contribution in [-0.2, 0) is 6.42 Å². The molecule has 1 aliphatic rings. The van der Waals surface area contributed by atoms with Crippen molar-refractivity contribution in [3.63, 3.8) is 0 Å². The van der Waals surface area contributed by atoms with E-state index in [1.165, 1.54) is 31.4 Å². The van der Waals surface area contributed by atoms with Crippen LogP contribution in [0.1, 0.15) is 37.7 Å². The lowest BCUT2D eigenvalue weighted by atomic mass is 9.96. The first-order valence-electron chi connectivity index (χ1n) is 8.87. The largest absolute Gasteiger partial charge is 0.573 e. The molecule has 0 bridgehead atoms. The van der Waals surface area contributed by atoms with Crippen molar-refractivity contribution in [3.8, 4) is 5.75 Å². The molecule has 1 saturated carbocycles.